The van der Waals surface area contributed by atoms with Gasteiger partial charge in [-0.25, -0.2) is 0 Å². The van der Waals surface area contributed by atoms with E-state index in [9.17, 15) is 0 Å². The second kappa shape index (κ2) is 6.20. The molecule has 0 bridgehead atoms. The summed E-state index contributed by atoms with van der Waals surface area (Å²) in [6.07, 6.45) is 0. The molecule has 0 saturated carbocycles. The van der Waals surface area contributed by atoms with Crippen LogP contribution in [-0.4, -0.2) is 0 Å². The van der Waals surface area contributed by atoms with Crippen LogP contribution in [0.2, 0.25) is 0 Å². The predicted octanol–water partition coefficient (Wildman–Crippen LogP) is 4.23. The first-order valence-corrected chi connectivity index (χ1v) is 6.05. The van der Waals surface area contributed by atoms with Crippen molar-refractivity contribution in [1.82, 2.24) is 0 Å². The highest BCUT2D eigenvalue weighted by atomic mass is 79.9. The predicted molar refractivity (Wildman–Crippen MR) is 78.6 cm³/mol. The van der Waals surface area contributed by atoms with Gasteiger partial charge in [-0.3, -0.25) is 0 Å². The van der Waals surface area contributed by atoms with Gasteiger partial charge in [-0.2, -0.15) is 0 Å². The van der Waals surface area contributed by atoms with Crippen LogP contribution in [0, 0.1) is 6.92 Å². The first-order valence-electron chi connectivity index (χ1n) is 5.25. The smallest absolute Gasteiger partial charge is 0.0562 e. The molecule has 17 heavy (non-hydrogen) atoms. The summed E-state index contributed by atoms with van der Waals surface area (Å²) in [7, 11) is 0. The molecule has 0 heterocycles. The Bertz CT molecular complexity index is 485. The van der Waals surface area contributed by atoms with Crippen LogP contribution in [0.3, 0.4) is 0 Å². The number of hydrogen-bond acceptors (Lipinski definition) is 1. The second-order valence-electron chi connectivity index (χ2n) is 3.87. The SMILES string of the molecule is Cc1cccc(C(N)c2ccccc2)c1Br.Cl. The molecule has 0 saturated heterocycles. The molecule has 90 valence electrons. The average Bonchev–Trinajstić information content (AvgIpc) is 2.33. The van der Waals surface area contributed by atoms with Gasteiger partial charge in [0.1, 0.15) is 0 Å². The van der Waals surface area contributed by atoms with Crippen molar-refractivity contribution >= 4 is 28.3 Å². The quantitative estimate of drug-likeness (QED) is 0.882. The fraction of sp³-hybridized carbons (Fsp3) is 0.143. The van der Waals surface area contributed by atoms with E-state index in [1.54, 1.807) is 0 Å². The molecule has 2 aromatic carbocycles. The van der Waals surface area contributed by atoms with Crippen LogP contribution in [0.1, 0.15) is 22.7 Å². The van der Waals surface area contributed by atoms with Crippen LogP contribution in [0.15, 0.2) is 53.0 Å². The van der Waals surface area contributed by atoms with Gasteiger partial charge in [0.25, 0.3) is 0 Å². The van der Waals surface area contributed by atoms with Gasteiger partial charge < -0.3 is 5.73 Å². The van der Waals surface area contributed by atoms with Crippen LogP contribution in [0.25, 0.3) is 0 Å². The van der Waals surface area contributed by atoms with E-state index in [-0.39, 0.29) is 18.4 Å². The molecule has 0 aliphatic rings. The summed E-state index contributed by atoms with van der Waals surface area (Å²) in [4.78, 5) is 0. The van der Waals surface area contributed by atoms with Gasteiger partial charge in [-0.05, 0) is 23.6 Å². The Kier molecular flexibility index (Phi) is 5.19. The number of aryl methyl sites for hydroxylation is 1. The summed E-state index contributed by atoms with van der Waals surface area (Å²) in [5.41, 5.74) is 9.73. The van der Waals surface area contributed by atoms with Crippen LogP contribution in [0.4, 0.5) is 0 Å². The Balaban J connectivity index is 0.00000144. The lowest BCUT2D eigenvalue weighted by atomic mass is 9.98. The molecule has 0 fully saturated rings. The summed E-state index contributed by atoms with van der Waals surface area (Å²) >= 11 is 3.60. The van der Waals surface area contributed by atoms with Crippen LogP contribution < -0.4 is 5.73 Å². The fourth-order valence-electron chi connectivity index (χ4n) is 1.75. The van der Waals surface area contributed by atoms with E-state index in [1.165, 1.54) is 5.56 Å². The lowest BCUT2D eigenvalue weighted by Gasteiger charge is -2.15. The molecule has 1 unspecified atom stereocenters. The molecule has 2 rings (SSSR count). The standard InChI is InChI=1S/C14H14BrN.ClH/c1-10-6-5-9-12(13(10)15)14(16)11-7-3-2-4-8-11;/h2-9,14H,16H2,1H3;1H. The summed E-state index contributed by atoms with van der Waals surface area (Å²) in [6.45, 7) is 2.07. The molecule has 2 N–H and O–H groups in total. The molecule has 1 nitrogen and oxygen atoms in total. The first kappa shape index (κ1) is 14.2. The number of hydrogen-bond donors (Lipinski definition) is 1. The Morgan fingerprint density at radius 2 is 1.65 bits per heavy atom. The molecule has 2 aromatic rings. The third-order valence-electron chi connectivity index (χ3n) is 2.72. The number of halogens is 2. The summed E-state index contributed by atoms with van der Waals surface area (Å²) in [5.74, 6) is 0. The first-order chi connectivity index (χ1) is 7.70. The maximum absolute atomic E-state index is 6.26. The zero-order valence-electron chi connectivity index (χ0n) is 9.56. The highest BCUT2D eigenvalue weighted by molar-refractivity contribution is 9.10. The highest BCUT2D eigenvalue weighted by Crippen LogP contribution is 2.28. The third-order valence-corrected chi connectivity index (χ3v) is 3.80. The van der Waals surface area contributed by atoms with Crippen molar-refractivity contribution in [3.05, 3.63) is 69.7 Å². The van der Waals surface area contributed by atoms with E-state index in [4.69, 9.17) is 5.73 Å². The van der Waals surface area contributed by atoms with Crippen molar-refractivity contribution in [3.8, 4) is 0 Å². The van der Waals surface area contributed by atoms with Crippen molar-refractivity contribution in [2.75, 3.05) is 0 Å². The van der Waals surface area contributed by atoms with Crippen molar-refractivity contribution < 1.29 is 0 Å². The maximum Gasteiger partial charge on any atom is 0.0562 e. The van der Waals surface area contributed by atoms with Crippen molar-refractivity contribution in [2.24, 2.45) is 5.73 Å². The van der Waals surface area contributed by atoms with Gasteiger partial charge in [-0.15, -0.1) is 12.4 Å². The molecule has 0 aliphatic heterocycles. The largest absolute Gasteiger partial charge is 0.320 e. The molecule has 3 heteroatoms. The minimum absolute atomic E-state index is 0. The molecular formula is C14H15BrClN. The van der Waals surface area contributed by atoms with E-state index in [0.717, 1.165) is 15.6 Å². The number of nitrogens with two attached hydrogens (primary N) is 1. The van der Waals surface area contributed by atoms with Crippen molar-refractivity contribution in [1.29, 1.82) is 0 Å². The minimum atomic E-state index is -0.0736. The third kappa shape index (κ3) is 3.09. The Labute approximate surface area is 117 Å². The molecular weight excluding hydrogens is 298 g/mol. The van der Waals surface area contributed by atoms with Gasteiger partial charge >= 0.3 is 0 Å². The highest BCUT2D eigenvalue weighted by Gasteiger charge is 2.12. The van der Waals surface area contributed by atoms with Gasteiger partial charge in [0.15, 0.2) is 0 Å². The molecule has 0 radical (unpaired) electrons. The van der Waals surface area contributed by atoms with Crippen LogP contribution in [-0.2, 0) is 0 Å². The van der Waals surface area contributed by atoms with Crippen molar-refractivity contribution in [2.45, 2.75) is 13.0 Å². The zero-order chi connectivity index (χ0) is 11.5. The molecule has 1 atom stereocenters. The van der Waals surface area contributed by atoms with Crippen molar-refractivity contribution in [3.63, 3.8) is 0 Å². The minimum Gasteiger partial charge on any atom is -0.320 e. The van der Waals surface area contributed by atoms with Crippen LogP contribution in [0.5, 0.6) is 0 Å². The molecule has 0 amide bonds. The number of benzene rings is 2. The maximum atomic E-state index is 6.26. The molecule has 0 aliphatic carbocycles. The Morgan fingerprint density at radius 3 is 2.29 bits per heavy atom. The van der Waals surface area contributed by atoms with Gasteiger partial charge in [0.05, 0.1) is 6.04 Å². The van der Waals surface area contributed by atoms with Gasteiger partial charge in [0.2, 0.25) is 0 Å². The molecule has 0 spiro atoms. The number of rotatable bonds is 2. The van der Waals surface area contributed by atoms with E-state index in [1.807, 2.05) is 24.3 Å². The fourth-order valence-corrected chi connectivity index (χ4v) is 2.26. The van der Waals surface area contributed by atoms with E-state index in [2.05, 4.69) is 47.1 Å². The topological polar surface area (TPSA) is 26.0 Å². The normalized spacial score (nSPS) is 11.7. The van der Waals surface area contributed by atoms with Gasteiger partial charge in [0, 0.05) is 4.47 Å². The second-order valence-corrected chi connectivity index (χ2v) is 4.66. The Hall–Kier alpha value is -0.830. The van der Waals surface area contributed by atoms with E-state index >= 15 is 0 Å². The summed E-state index contributed by atoms with van der Waals surface area (Å²) in [6, 6.07) is 16.2. The van der Waals surface area contributed by atoms with E-state index < -0.39 is 0 Å². The average molecular weight is 313 g/mol. The lowest BCUT2D eigenvalue weighted by Crippen LogP contribution is -2.12. The summed E-state index contributed by atoms with van der Waals surface area (Å²) in [5, 5.41) is 0. The van der Waals surface area contributed by atoms with Crippen LogP contribution >= 0.6 is 28.3 Å². The Morgan fingerprint density at radius 1 is 1.00 bits per heavy atom. The summed E-state index contributed by atoms with van der Waals surface area (Å²) < 4.78 is 1.10. The van der Waals surface area contributed by atoms with E-state index in [0.29, 0.717) is 0 Å². The van der Waals surface area contributed by atoms with Gasteiger partial charge in [-0.1, -0.05) is 64.5 Å². The molecule has 0 aromatic heterocycles. The monoisotopic (exact) mass is 311 g/mol. The zero-order valence-corrected chi connectivity index (χ0v) is 12.0. The lowest BCUT2D eigenvalue weighted by molar-refractivity contribution is 0.863.